The molecule has 1 aromatic heterocycles. The molecule has 0 saturated heterocycles. The molecule has 0 bridgehead atoms. The highest BCUT2D eigenvalue weighted by Gasteiger charge is 2.09. The molecule has 0 atom stereocenters. The maximum absolute atomic E-state index is 11.8. The van der Waals surface area contributed by atoms with E-state index in [0.29, 0.717) is 16.1 Å². The fraction of sp³-hybridized carbons (Fsp3) is 0.133. The number of nitrogens with zero attached hydrogens (tertiary/aromatic N) is 1. The molecule has 0 fully saturated rings. The van der Waals surface area contributed by atoms with Crippen molar-refractivity contribution in [3.8, 4) is 5.75 Å². The minimum absolute atomic E-state index is 0.156. The molecule has 2 amide bonds. The number of primary amides is 1. The summed E-state index contributed by atoms with van der Waals surface area (Å²) in [7, 11) is 0. The van der Waals surface area contributed by atoms with Crippen LogP contribution in [0.2, 0.25) is 0 Å². The number of nitrogens with two attached hydrogens (primary N) is 1. The lowest BCUT2D eigenvalue weighted by Gasteiger charge is -2.05. The van der Waals surface area contributed by atoms with Gasteiger partial charge in [0.2, 0.25) is 0 Å². The summed E-state index contributed by atoms with van der Waals surface area (Å²) in [6.07, 6.45) is 0. The van der Waals surface area contributed by atoms with E-state index in [1.165, 1.54) is 6.07 Å². The van der Waals surface area contributed by atoms with Crippen molar-refractivity contribution in [2.75, 3.05) is 6.61 Å². The second-order valence-electron chi connectivity index (χ2n) is 4.52. The number of benzene rings is 1. The van der Waals surface area contributed by atoms with Crippen molar-refractivity contribution < 1.29 is 18.7 Å². The van der Waals surface area contributed by atoms with Crippen LogP contribution in [0.4, 0.5) is 0 Å². The van der Waals surface area contributed by atoms with E-state index in [1.54, 1.807) is 37.3 Å². The standard InChI is InChI=1S/C15H14BrN3O4/c1-9(18-19-15(21)12-6-7-13(16)23-12)10-2-4-11(5-3-10)22-8-14(17)20/h2-7H,8H2,1H3,(H2,17,20)(H,19,21)/b18-9-. The van der Waals surface area contributed by atoms with Crippen LogP contribution in [0.15, 0.2) is 50.6 Å². The van der Waals surface area contributed by atoms with Crippen LogP contribution in [0.1, 0.15) is 23.0 Å². The van der Waals surface area contributed by atoms with Crippen LogP contribution < -0.4 is 15.9 Å². The van der Waals surface area contributed by atoms with Gasteiger partial charge in [0.05, 0.1) is 5.71 Å². The highest BCUT2D eigenvalue weighted by Crippen LogP contribution is 2.14. The van der Waals surface area contributed by atoms with Crippen molar-refractivity contribution in [2.45, 2.75) is 6.92 Å². The Bertz CT molecular complexity index is 737. The molecule has 0 unspecified atom stereocenters. The summed E-state index contributed by atoms with van der Waals surface area (Å²) in [6, 6.07) is 10.0. The Balaban J connectivity index is 1.97. The predicted octanol–water partition coefficient (Wildman–Crippen LogP) is 2.06. The van der Waals surface area contributed by atoms with Crippen LogP contribution in [-0.2, 0) is 4.79 Å². The van der Waals surface area contributed by atoms with E-state index >= 15 is 0 Å². The van der Waals surface area contributed by atoms with Crippen LogP contribution in [0, 0.1) is 0 Å². The van der Waals surface area contributed by atoms with Crippen LogP contribution in [-0.4, -0.2) is 24.1 Å². The summed E-state index contributed by atoms with van der Waals surface area (Å²) in [5, 5.41) is 4.01. The van der Waals surface area contributed by atoms with Crippen molar-refractivity contribution in [1.29, 1.82) is 0 Å². The Morgan fingerprint density at radius 1 is 1.26 bits per heavy atom. The first kappa shape index (κ1) is 16.8. The molecule has 0 aliphatic heterocycles. The van der Waals surface area contributed by atoms with Crippen LogP contribution in [0.25, 0.3) is 0 Å². The molecule has 23 heavy (non-hydrogen) atoms. The maximum Gasteiger partial charge on any atom is 0.307 e. The molecule has 8 heteroatoms. The maximum atomic E-state index is 11.8. The summed E-state index contributed by atoms with van der Waals surface area (Å²) < 4.78 is 10.8. The molecule has 2 aromatic rings. The zero-order chi connectivity index (χ0) is 16.8. The molecular weight excluding hydrogens is 366 g/mol. The predicted molar refractivity (Wildman–Crippen MR) is 87.2 cm³/mol. The van der Waals surface area contributed by atoms with Gasteiger partial charge in [-0.25, -0.2) is 5.43 Å². The normalized spacial score (nSPS) is 11.1. The molecule has 0 saturated carbocycles. The smallest absolute Gasteiger partial charge is 0.307 e. The van der Waals surface area contributed by atoms with Crippen LogP contribution >= 0.6 is 15.9 Å². The summed E-state index contributed by atoms with van der Waals surface area (Å²) in [6.45, 7) is 1.57. The zero-order valence-electron chi connectivity index (χ0n) is 12.2. The number of carbonyl (C=O) groups is 2. The van der Waals surface area contributed by atoms with Gasteiger partial charge in [0.1, 0.15) is 5.75 Å². The SMILES string of the molecule is C/C(=N/NC(=O)c1ccc(Br)o1)c1ccc(OCC(N)=O)cc1. The second-order valence-corrected chi connectivity index (χ2v) is 5.30. The average molecular weight is 380 g/mol. The van der Waals surface area contributed by atoms with Gasteiger partial charge in [0.25, 0.3) is 5.91 Å². The number of hydrogen-bond donors (Lipinski definition) is 2. The van der Waals surface area contributed by atoms with E-state index in [0.717, 1.165) is 5.56 Å². The molecule has 0 aliphatic carbocycles. The molecule has 120 valence electrons. The summed E-state index contributed by atoms with van der Waals surface area (Å²) in [4.78, 5) is 22.4. The molecule has 1 heterocycles. The first-order chi connectivity index (χ1) is 11.0. The minimum atomic E-state index is -0.543. The molecular formula is C15H14BrN3O4. The first-order valence-corrected chi connectivity index (χ1v) is 7.36. The largest absolute Gasteiger partial charge is 0.484 e. The van der Waals surface area contributed by atoms with E-state index in [2.05, 4.69) is 26.5 Å². The highest BCUT2D eigenvalue weighted by molar-refractivity contribution is 9.10. The molecule has 0 aliphatic rings. The molecule has 1 aromatic carbocycles. The Kier molecular flexibility index (Phi) is 5.53. The number of rotatable bonds is 6. The highest BCUT2D eigenvalue weighted by atomic mass is 79.9. The summed E-state index contributed by atoms with van der Waals surface area (Å²) in [5.41, 5.74) is 8.80. The Hall–Kier alpha value is -2.61. The number of hydrogen-bond acceptors (Lipinski definition) is 5. The number of carbonyl (C=O) groups excluding carboxylic acids is 2. The van der Waals surface area contributed by atoms with E-state index in [9.17, 15) is 9.59 Å². The summed E-state index contributed by atoms with van der Waals surface area (Å²) in [5.74, 6) is -0.316. The third kappa shape index (κ3) is 4.96. The van der Waals surface area contributed by atoms with Crippen molar-refractivity contribution in [1.82, 2.24) is 5.43 Å². The number of furan rings is 1. The van der Waals surface area contributed by atoms with E-state index < -0.39 is 11.8 Å². The Labute approximate surface area is 140 Å². The molecule has 3 N–H and O–H groups in total. The zero-order valence-corrected chi connectivity index (χ0v) is 13.8. The van der Waals surface area contributed by atoms with Gasteiger partial charge in [0, 0.05) is 0 Å². The number of ether oxygens (including phenoxy) is 1. The third-order valence-electron chi connectivity index (χ3n) is 2.78. The lowest BCUT2D eigenvalue weighted by molar-refractivity contribution is -0.119. The topological polar surface area (TPSA) is 107 Å². The Morgan fingerprint density at radius 3 is 2.52 bits per heavy atom. The lowest BCUT2D eigenvalue weighted by atomic mass is 10.1. The van der Waals surface area contributed by atoms with Gasteiger partial charge in [-0.3, -0.25) is 9.59 Å². The molecule has 7 nitrogen and oxygen atoms in total. The van der Waals surface area contributed by atoms with Crippen molar-refractivity contribution in [3.63, 3.8) is 0 Å². The third-order valence-corrected chi connectivity index (χ3v) is 3.20. The molecule has 0 radical (unpaired) electrons. The van der Waals surface area contributed by atoms with E-state index in [4.69, 9.17) is 14.9 Å². The second kappa shape index (κ2) is 7.59. The average Bonchev–Trinajstić information content (AvgIpc) is 2.97. The number of amides is 2. The van der Waals surface area contributed by atoms with Crippen molar-refractivity contribution in [3.05, 3.63) is 52.4 Å². The quantitative estimate of drug-likeness (QED) is 0.591. The van der Waals surface area contributed by atoms with Gasteiger partial charge in [-0.05, 0) is 64.8 Å². The van der Waals surface area contributed by atoms with Gasteiger partial charge < -0.3 is 14.9 Å². The number of halogens is 1. The van der Waals surface area contributed by atoms with E-state index in [-0.39, 0.29) is 12.4 Å². The number of nitrogens with one attached hydrogen (secondary N) is 1. The van der Waals surface area contributed by atoms with Crippen molar-refractivity contribution in [2.24, 2.45) is 10.8 Å². The van der Waals surface area contributed by atoms with Gasteiger partial charge in [0.15, 0.2) is 17.0 Å². The first-order valence-electron chi connectivity index (χ1n) is 6.57. The Morgan fingerprint density at radius 2 is 1.96 bits per heavy atom. The van der Waals surface area contributed by atoms with Gasteiger partial charge in [-0.1, -0.05) is 0 Å². The van der Waals surface area contributed by atoms with E-state index in [1.807, 2.05) is 0 Å². The monoisotopic (exact) mass is 379 g/mol. The number of hydrazone groups is 1. The van der Waals surface area contributed by atoms with Gasteiger partial charge in [-0.15, -0.1) is 0 Å². The molecule has 2 rings (SSSR count). The summed E-state index contributed by atoms with van der Waals surface area (Å²) >= 11 is 3.12. The molecule has 0 spiro atoms. The van der Waals surface area contributed by atoms with Crippen LogP contribution in [0.5, 0.6) is 5.75 Å². The van der Waals surface area contributed by atoms with Gasteiger partial charge in [-0.2, -0.15) is 5.10 Å². The van der Waals surface area contributed by atoms with Crippen LogP contribution in [0.3, 0.4) is 0 Å². The van der Waals surface area contributed by atoms with Crippen molar-refractivity contribution >= 4 is 33.5 Å². The van der Waals surface area contributed by atoms with Gasteiger partial charge >= 0.3 is 5.91 Å². The fourth-order valence-corrected chi connectivity index (χ4v) is 1.94. The minimum Gasteiger partial charge on any atom is -0.484 e. The lowest BCUT2D eigenvalue weighted by Crippen LogP contribution is -2.20. The fourth-order valence-electron chi connectivity index (χ4n) is 1.64.